The second kappa shape index (κ2) is 9.06. The highest BCUT2D eigenvalue weighted by Crippen LogP contribution is 2.61. The fourth-order valence-corrected chi connectivity index (χ4v) is 7.36. The van der Waals surface area contributed by atoms with Crippen LogP contribution in [0, 0.1) is 17.3 Å². The molecule has 5 atom stereocenters. The van der Waals surface area contributed by atoms with Crippen LogP contribution >= 0.6 is 0 Å². The SMILES string of the molecule is [3H]c1ccc2c(c1)CCC1C2CC[C@@]2(C)C1CC[C@@H]2OC(=O)COC(=O)c1cccc(S(N)(=O)=O)c1. The maximum absolute atomic E-state index is 12.6. The van der Waals surface area contributed by atoms with Crippen molar-refractivity contribution in [3.05, 3.63) is 65.2 Å². The van der Waals surface area contributed by atoms with Crippen molar-refractivity contribution in [2.24, 2.45) is 22.4 Å². The molecule has 0 aromatic heterocycles. The summed E-state index contributed by atoms with van der Waals surface area (Å²) in [5.41, 5.74) is 2.58. The van der Waals surface area contributed by atoms with Crippen molar-refractivity contribution in [3.8, 4) is 0 Å². The molecule has 3 aliphatic carbocycles. The summed E-state index contributed by atoms with van der Waals surface area (Å²) in [5, 5.41) is 5.11. The minimum Gasteiger partial charge on any atom is -0.459 e. The third-order valence-corrected chi connectivity index (χ3v) is 9.39. The quantitative estimate of drug-likeness (QED) is 0.623. The highest BCUT2D eigenvalue weighted by atomic mass is 32.2. The van der Waals surface area contributed by atoms with Gasteiger partial charge in [0.2, 0.25) is 10.0 Å². The smallest absolute Gasteiger partial charge is 0.344 e. The summed E-state index contributed by atoms with van der Waals surface area (Å²) in [6.45, 7) is 1.69. The summed E-state index contributed by atoms with van der Waals surface area (Å²) in [6.07, 6.45) is 5.64. The van der Waals surface area contributed by atoms with Crippen LogP contribution < -0.4 is 5.14 Å². The van der Waals surface area contributed by atoms with Crippen molar-refractivity contribution in [1.82, 2.24) is 0 Å². The van der Waals surface area contributed by atoms with E-state index in [4.69, 9.17) is 16.0 Å². The molecule has 2 aromatic rings. The van der Waals surface area contributed by atoms with Crippen LogP contribution in [0.2, 0.25) is 0 Å². The first-order chi connectivity index (χ1) is 17.1. The van der Waals surface area contributed by atoms with Gasteiger partial charge in [-0.2, -0.15) is 0 Å². The van der Waals surface area contributed by atoms with Gasteiger partial charge in [0.05, 0.1) is 11.8 Å². The van der Waals surface area contributed by atoms with Crippen LogP contribution in [0.5, 0.6) is 0 Å². The van der Waals surface area contributed by atoms with Crippen molar-refractivity contribution in [2.45, 2.75) is 62.4 Å². The highest BCUT2D eigenvalue weighted by Gasteiger charge is 2.56. The monoisotopic (exact) mass is 499 g/mol. The number of carbonyl (C=O) groups is 2. The van der Waals surface area contributed by atoms with Gasteiger partial charge in [-0.25, -0.2) is 23.1 Å². The first-order valence-electron chi connectivity index (χ1n) is 12.6. The standard InChI is InChI=1S/C27H31NO6S/c1-27-14-13-21-20-8-3-2-5-17(20)9-10-22(21)23(27)11-12-24(27)34-25(29)16-33-26(30)18-6-4-7-19(15-18)35(28,31)32/h2-8,15,21-24H,9-14,16H2,1H3,(H2,28,31,32)/t21?,22?,23?,24-,27-/m0/s1/i2T. The number of benzene rings is 2. The summed E-state index contributed by atoms with van der Waals surface area (Å²) in [5.74, 6) is 0.0832. The van der Waals surface area contributed by atoms with E-state index in [1.165, 1.54) is 29.3 Å². The molecule has 7 nitrogen and oxygen atoms in total. The van der Waals surface area contributed by atoms with E-state index in [1.54, 1.807) is 0 Å². The van der Waals surface area contributed by atoms with Gasteiger partial charge in [0.15, 0.2) is 6.61 Å². The number of fused-ring (bicyclic) bond motifs is 5. The van der Waals surface area contributed by atoms with Gasteiger partial charge < -0.3 is 9.47 Å². The predicted octanol–water partition coefficient (Wildman–Crippen LogP) is 3.96. The van der Waals surface area contributed by atoms with Gasteiger partial charge in [0.1, 0.15) is 6.10 Å². The Labute approximate surface area is 207 Å². The van der Waals surface area contributed by atoms with Crippen molar-refractivity contribution < 1.29 is 28.9 Å². The Bertz CT molecular complexity index is 1310. The number of ether oxygens (including phenoxy) is 2. The third kappa shape index (κ3) is 4.49. The van der Waals surface area contributed by atoms with Crippen LogP contribution in [0.3, 0.4) is 0 Å². The summed E-state index contributed by atoms with van der Waals surface area (Å²) in [4.78, 5) is 24.8. The normalized spacial score (nSPS) is 29.8. The lowest BCUT2D eigenvalue weighted by atomic mass is 9.55. The number of esters is 2. The average Bonchev–Trinajstić information content (AvgIpc) is 3.17. The number of aryl methyl sites for hydroxylation is 1. The fourth-order valence-electron chi connectivity index (χ4n) is 6.80. The molecule has 0 spiro atoms. The van der Waals surface area contributed by atoms with E-state index in [-0.39, 0.29) is 22.0 Å². The maximum atomic E-state index is 12.6. The Balaban J connectivity index is 1.21. The van der Waals surface area contributed by atoms with Crippen molar-refractivity contribution in [3.63, 3.8) is 0 Å². The third-order valence-electron chi connectivity index (χ3n) is 8.48. The fraction of sp³-hybridized carbons (Fsp3) is 0.481. The molecule has 35 heavy (non-hydrogen) atoms. The first-order valence-corrected chi connectivity index (χ1v) is 13.7. The van der Waals surface area contributed by atoms with E-state index >= 15 is 0 Å². The van der Waals surface area contributed by atoms with Crippen LogP contribution in [-0.4, -0.2) is 33.1 Å². The van der Waals surface area contributed by atoms with Crippen LogP contribution in [0.4, 0.5) is 0 Å². The number of primary sulfonamides is 1. The van der Waals surface area contributed by atoms with Gasteiger partial charge in [-0.15, -0.1) is 0 Å². The summed E-state index contributed by atoms with van der Waals surface area (Å²) in [7, 11) is -3.96. The maximum Gasteiger partial charge on any atom is 0.344 e. The topological polar surface area (TPSA) is 113 Å². The Kier molecular flexibility index (Phi) is 5.89. The van der Waals surface area contributed by atoms with E-state index in [0.29, 0.717) is 23.8 Å². The van der Waals surface area contributed by atoms with E-state index in [2.05, 4.69) is 13.0 Å². The van der Waals surface area contributed by atoms with Gasteiger partial charge in [-0.05, 0) is 85.6 Å². The van der Waals surface area contributed by atoms with E-state index in [1.807, 2.05) is 12.1 Å². The molecule has 186 valence electrons. The highest BCUT2D eigenvalue weighted by molar-refractivity contribution is 7.89. The summed E-state index contributed by atoms with van der Waals surface area (Å²) in [6, 6.07) is 11.8. The molecule has 2 fully saturated rings. The van der Waals surface area contributed by atoms with Crippen LogP contribution in [0.1, 0.15) is 67.8 Å². The Morgan fingerprint density at radius 2 is 1.97 bits per heavy atom. The average molecular weight is 500 g/mol. The molecule has 5 rings (SSSR count). The molecule has 0 bridgehead atoms. The zero-order chi connectivity index (χ0) is 25.7. The van der Waals surface area contributed by atoms with Crippen molar-refractivity contribution in [1.29, 1.82) is 0 Å². The second-order valence-corrected chi connectivity index (χ2v) is 11.9. The van der Waals surface area contributed by atoms with Gasteiger partial charge in [0, 0.05) is 5.41 Å². The van der Waals surface area contributed by atoms with Crippen LogP contribution in [0.25, 0.3) is 0 Å². The molecule has 8 heteroatoms. The van der Waals surface area contributed by atoms with E-state index in [0.717, 1.165) is 44.6 Å². The Hall–Kier alpha value is -2.71. The largest absolute Gasteiger partial charge is 0.459 e. The minimum atomic E-state index is -3.96. The molecule has 2 saturated carbocycles. The van der Waals surface area contributed by atoms with Gasteiger partial charge >= 0.3 is 11.9 Å². The summed E-state index contributed by atoms with van der Waals surface area (Å²) >= 11 is 0. The molecule has 0 aliphatic heterocycles. The van der Waals surface area contributed by atoms with Gasteiger partial charge in [-0.3, -0.25) is 0 Å². The van der Waals surface area contributed by atoms with Crippen LogP contribution in [-0.2, 0) is 30.7 Å². The molecule has 0 amide bonds. The molecule has 3 aliphatic rings. The predicted molar refractivity (Wildman–Crippen MR) is 129 cm³/mol. The molecule has 0 radical (unpaired) electrons. The molecule has 2 N–H and O–H groups in total. The van der Waals surface area contributed by atoms with Gasteiger partial charge in [0.25, 0.3) is 0 Å². The molecule has 2 aromatic carbocycles. The molecular formula is C27H31NO6S. The lowest BCUT2D eigenvalue weighted by Crippen LogP contribution is -2.45. The molecular weight excluding hydrogens is 466 g/mol. The number of hydrogen-bond acceptors (Lipinski definition) is 6. The zero-order valence-electron chi connectivity index (χ0n) is 20.7. The van der Waals surface area contributed by atoms with Crippen molar-refractivity contribution >= 4 is 22.0 Å². The number of carbonyl (C=O) groups excluding carboxylic acids is 2. The Morgan fingerprint density at radius 1 is 1.14 bits per heavy atom. The van der Waals surface area contributed by atoms with E-state index < -0.39 is 28.6 Å². The zero-order valence-corrected chi connectivity index (χ0v) is 20.6. The molecule has 3 unspecified atom stereocenters. The second-order valence-electron chi connectivity index (χ2n) is 10.3. The molecule has 0 saturated heterocycles. The number of hydrogen-bond donors (Lipinski definition) is 1. The number of nitrogens with two attached hydrogens (primary N) is 1. The molecule has 0 heterocycles. The van der Waals surface area contributed by atoms with E-state index in [9.17, 15) is 18.0 Å². The first kappa shape index (κ1) is 22.7. The number of sulfonamides is 1. The Morgan fingerprint density at radius 3 is 2.77 bits per heavy atom. The van der Waals surface area contributed by atoms with Gasteiger partial charge in [-0.1, -0.05) is 37.2 Å². The van der Waals surface area contributed by atoms with Crippen molar-refractivity contribution in [2.75, 3.05) is 6.61 Å². The minimum absolute atomic E-state index is 0.00402. The lowest BCUT2D eigenvalue weighted by Gasteiger charge is -2.50. The number of rotatable bonds is 5. The summed E-state index contributed by atoms with van der Waals surface area (Å²) < 4.78 is 41.9. The lowest BCUT2D eigenvalue weighted by molar-refractivity contribution is -0.161. The van der Waals surface area contributed by atoms with Crippen LogP contribution in [0.15, 0.2) is 53.4 Å².